The van der Waals surface area contributed by atoms with Crippen molar-refractivity contribution in [2.45, 2.75) is 37.3 Å². The van der Waals surface area contributed by atoms with Gasteiger partial charge in [0, 0.05) is 30.6 Å². The summed E-state index contributed by atoms with van der Waals surface area (Å²) in [5, 5.41) is 3.07. The highest BCUT2D eigenvalue weighted by Gasteiger charge is 2.42. The number of likely N-dealkylation sites (tertiary alicyclic amines) is 1. The molecule has 1 aromatic rings. The van der Waals surface area contributed by atoms with Gasteiger partial charge < -0.3 is 10.2 Å². The minimum atomic E-state index is -0.626. The maximum Gasteiger partial charge on any atom is 0.244 e. The number of nitrogens with zero attached hydrogens (tertiary/aromatic N) is 2. The van der Waals surface area contributed by atoms with Gasteiger partial charge in [-0.3, -0.25) is 14.5 Å². The van der Waals surface area contributed by atoms with Crippen molar-refractivity contribution in [2.24, 2.45) is 0 Å². The van der Waals surface area contributed by atoms with Crippen molar-refractivity contribution in [1.29, 1.82) is 0 Å². The summed E-state index contributed by atoms with van der Waals surface area (Å²) in [6.45, 7) is 1.19. The fourth-order valence-electron chi connectivity index (χ4n) is 3.81. The number of likely N-dealkylation sites (N-methyl/N-ethyl adjacent to an activating group) is 1. The Morgan fingerprint density at radius 3 is 2.46 bits per heavy atom. The van der Waals surface area contributed by atoms with E-state index in [0.717, 1.165) is 19.3 Å². The molecule has 0 unspecified atom stereocenters. The van der Waals surface area contributed by atoms with Crippen molar-refractivity contribution >= 4 is 11.8 Å². The molecule has 2 fully saturated rings. The minimum absolute atomic E-state index is 0.0794. The Labute approximate surface area is 141 Å². The van der Waals surface area contributed by atoms with Crippen molar-refractivity contribution in [3.8, 4) is 0 Å². The zero-order valence-corrected chi connectivity index (χ0v) is 14.2. The Balaban J connectivity index is 1.73. The Morgan fingerprint density at radius 2 is 1.92 bits per heavy atom. The van der Waals surface area contributed by atoms with E-state index in [1.54, 1.807) is 42.1 Å². The van der Waals surface area contributed by atoms with Crippen LogP contribution in [0, 0.1) is 5.82 Å². The molecule has 0 saturated carbocycles. The van der Waals surface area contributed by atoms with E-state index in [1.807, 2.05) is 0 Å². The normalized spacial score (nSPS) is 21.2. The van der Waals surface area contributed by atoms with Crippen LogP contribution in [0.4, 0.5) is 4.39 Å². The zero-order valence-electron chi connectivity index (χ0n) is 14.2. The molecule has 1 spiro atoms. The SMILES string of the molecule is CN(C)[C@@H](C(=O)N1CCC2(CCC(=O)N2)CC1)c1ccccc1F. The van der Waals surface area contributed by atoms with Crippen LogP contribution in [0.25, 0.3) is 0 Å². The largest absolute Gasteiger partial charge is 0.351 e. The van der Waals surface area contributed by atoms with Gasteiger partial charge in [0.15, 0.2) is 0 Å². The third kappa shape index (κ3) is 3.15. The first-order chi connectivity index (χ1) is 11.4. The fourth-order valence-corrected chi connectivity index (χ4v) is 3.81. The molecule has 24 heavy (non-hydrogen) atoms. The van der Waals surface area contributed by atoms with Crippen LogP contribution in [0.3, 0.4) is 0 Å². The van der Waals surface area contributed by atoms with E-state index < -0.39 is 6.04 Å². The Bertz CT molecular complexity index is 639. The molecule has 2 aliphatic rings. The number of rotatable bonds is 3. The first-order valence-electron chi connectivity index (χ1n) is 8.42. The van der Waals surface area contributed by atoms with Gasteiger partial charge in [-0.25, -0.2) is 4.39 Å². The number of nitrogens with one attached hydrogen (secondary N) is 1. The zero-order chi connectivity index (χ0) is 17.3. The summed E-state index contributed by atoms with van der Waals surface area (Å²) in [4.78, 5) is 28.1. The van der Waals surface area contributed by atoms with Crippen LogP contribution in [0.2, 0.25) is 0 Å². The first-order valence-corrected chi connectivity index (χ1v) is 8.42. The lowest BCUT2D eigenvalue weighted by Crippen LogP contribution is -2.53. The van der Waals surface area contributed by atoms with Gasteiger partial charge in [-0.1, -0.05) is 18.2 Å². The highest BCUT2D eigenvalue weighted by molar-refractivity contribution is 5.84. The molecule has 0 aliphatic carbocycles. The Hall–Kier alpha value is -1.95. The number of amides is 2. The van der Waals surface area contributed by atoms with Crippen LogP contribution in [0.15, 0.2) is 24.3 Å². The Morgan fingerprint density at radius 1 is 1.25 bits per heavy atom. The van der Waals surface area contributed by atoms with E-state index in [2.05, 4.69) is 5.32 Å². The summed E-state index contributed by atoms with van der Waals surface area (Å²) < 4.78 is 14.2. The second-order valence-corrected chi connectivity index (χ2v) is 7.04. The minimum Gasteiger partial charge on any atom is -0.351 e. The molecule has 0 aromatic heterocycles. The molecule has 5 nitrogen and oxygen atoms in total. The molecule has 0 radical (unpaired) electrons. The maximum atomic E-state index is 14.2. The predicted molar refractivity (Wildman–Crippen MR) is 88.7 cm³/mol. The molecule has 130 valence electrons. The number of halogens is 1. The molecule has 2 aliphatic heterocycles. The summed E-state index contributed by atoms with van der Waals surface area (Å²) in [6, 6.07) is 5.81. The molecule has 3 rings (SSSR count). The topological polar surface area (TPSA) is 52.7 Å². The van der Waals surface area contributed by atoms with Crippen molar-refractivity contribution < 1.29 is 14.0 Å². The molecule has 2 amide bonds. The second-order valence-electron chi connectivity index (χ2n) is 7.04. The van der Waals surface area contributed by atoms with Crippen LogP contribution in [-0.4, -0.2) is 54.3 Å². The first kappa shape index (κ1) is 16.9. The monoisotopic (exact) mass is 333 g/mol. The van der Waals surface area contributed by atoms with Gasteiger partial charge in [0.25, 0.3) is 0 Å². The molecular formula is C18H24FN3O2. The molecule has 2 heterocycles. The van der Waals surface area contributed by atoms with Crippen molar-refractivity contribution in [3.63, 3.8) is 0 Å². The maximum absolute atomic E-state index is 14.2. The van der Waals surface area contributed by atoms with Crippen molar-refractivity contribution in [2.75, 3.05) is 27.2 Å². The molecule has 2 saturated heterocycles. The van der Waals surface area contributed by atoms with Crippen LogP contribution < -0.4 is 5.32 Å². The van der Waals surface area contributed by atoms with Crippen LogP contribution >= 0.6 is 0 Å². The molecule has 1 N–H and O–H groups in total. The number of piperidine rings is 1. The number of hydrogen-bond donors (Lipinski definition) is 1. The standard InChI is InChI=1S/C18H24FN3O2/c1-21(2)16(13-5-3-4-6-14(13)19)17(24)22-11-9-18(10-12-22)8-7-15(23)20-18/h3-6,16H,7-12H2,1-2H3,(H,20,23)/t16-/m1/s1. The van der Waals surface area contributed by atoms with Gasteiger partial charge in [-0.15, -0.1) is 0 Å². The van der Waals surface area contributed by atoms with Gasteiger partial charge in [-0.05, 0) is 39.4 Å². The third-order valence-electron chi connectivity index (χ3n) is 5.22. The summed E-state index contributed by atoms with van der Waals surface area (Å²) in [5.74, 6) is -0.335. The summed E-state index contributed by atoms with van der Waals surface area (Å²) in [6.07, 6.45) is 2.95. The van der Waals surface area contributed by atoms with Crippen molar-refractivity contribution in [1.82, 2.24) is 15.1 Å². The molecular weight excluding hydrogens is 309 g/mol. The molecule has 1 aromatic carbocycles. The molecule has 0 bridgehead atoms. The van der Waals surface area contributed by atoms with Crippen LogP contribution in [0.5, 0.6) is 0 Å². The van der Waals surface area contributed by atoms with Gasteiger partial charge in [0.2, 0.25) is 11.8 Å². The average Bonchev–Trinajstić information content (AvgIpc) is 2.90. The third-order valence-corrected chi connectivity index (χ3v) is 5.22. The van der Waals surface area contributed by atoms with Crippen LogP contribution in [-0.2, 0) is 9.59 Å². The van der Waals surface area contributed by atoms with E-state index >= 15 is 0 Å². The van der Waals surface area contributed by atoms with Crippen LogP contribution in [0.1, 0.15) is 37.3 Å². The van der Waals surface area contributed by atoms with Gasteiger partial charge >= 0.3 is 0 Å². The lowest BCUT2D eigenvalue weighted by atomic mass is 9.86. The highest BCUT2D eigenvalue weighted by atomic mass is 19.1. The van der Waals surface area contributed by atoms with Crippen molar-refractivity contribution in [3.05, 3.63) is 35.6 Å². The fraction of sp³-hybridized carbons (Fsp3) is 0.556. The summed E-state index contributed by atoms with van der Waals surface area (Å²) in [5.41, 5.74) is 0.265. The average molecular weight is 333 g/mol. The van der Waals surface area contributed by atoms with E-state index in [0.29, 0.717) is 25.1 Å². The number of benzene rings is 1. The number of hydrogen-bond acceptors (Lipinski definition) is 3. The van der Waals surface area contributed by atoms with Gasteiger partial charge in [0.1, 0.15) is 11.9 Å². The number of carbonyl (C=O) groups excluding carboxylic acids is 2. The quantitative estimate of drug-likeness (QED) is 0.916. The van der Waals surface area contributed by atoms with Gasteiger partial charge in [0.05, 0.1) is 0 Å². The second kappa shape index (κ2) is 6.51. The van der Waals surface area contributed by atoms with E-state index in [-0.39, 0.29) is 23.2 Å². The number of carbonyl (C=O) groups is 2. The van der Waals surface area contributed by atoms with E-state index in [1.165, 1.54) is 6.07 Å². The highest BCUT2D eigenvalue weighted by Crippen LogP contribution is 2.33. The predicted octanol–water partition coefficient (Wildman–Crippen LogP) is 1.70. The molecule has 1 atom stereocenters. The molecule has 6 heteroatoms. The Kier molecular flexibility index (Phi) is 4.58. The van der Waals surface area contributed by atoms with E-state index in [9.17, 15) is 14.0 Å². The van der Waals surface area contributed by atoms with E-state index in [4.69, 9.17) is 0 Å². The lowest BCUT2D eigenvalue weighted by molar-refractivity contribution is -0.138. The summed E-state index contributed by atoms with van der Waals surface area (Å²) in [7, 11) is 3.58. The summed E-state index contributed by atoms with van der Waals surface area (Å²) >= 11 is 0. The lowest BCUT2D eigenvalue weighted by Gasteiger charge is -2.41. The smallest absolute Gasteiger partial charge is 0.244 e. The van der Waals surface area contributed by atoms with Gasteiger partial charge in [-0.2, -0.15) is 0 Å².